The smallest absolute Gasteiger partial charge is 0.253 e. The van der Waals surface area contributed by atoms with E-state index in [0.717, 1.165) is 12.1 Å². The number of hydrogen-bond donors (Lipinski definition) is 3. The highest BCUT2D eigenvalue weighted by atomic mass is 35.5. The topological polar surface area (TPSA) is 105 Å². The number of aromatic amines is 1. The van der Waals surface area contributed by atoms with Crippen LogP contribution in [0.4, 0.5) is 8.78 Å². The maximum absolute atomic E-state index is 14.9. The monoisotopic (exact) mass is 487 g/mol. The molecule has 0 aliphatic heterocycles. The van der Waals surface area contributed by atoms with Gasteiger partial charge in [-0.15, -0.1) is 0 Å². The van der Waals surface area contributed by atoms with Crippen LogP contribution in [0.5, 0.6) is 0 Å². The predicted octanol–water partition coefficient (Wildman–Crippen LogP) is 5.11. The van der Waals surface area contributed by atoms with Crippen LogP contribution in [0.25, 0.3) is 11.1 Å². The van der Waals surface area contributed by atoms with Crippen molar-refractivity contribution in [1.29, 1.82) is 0 Å². The summed E-state index contributed by atoms with van der Waals surface area (Å²) in [6.07, 6.45) is 1.04. The molecule has 0 unspecified atom stereocenters. The molecule has 4 N–H and O–H groups in total. The molecule has 3 aromatic rings. The summed E-state index contributed by atoms with van der Waals surface area (Å²) in [5.41, 5.74) is 5.53. The number of carbonyl (C=O) groups is 3. The molecular formula is C25H24ClF2N3O3. The van der Waals surface area contributed by atoms with Gasteiger partial charge in [0.1, 0.15) is 11.6 Å². The second kappa shape index (κ2) is 10.2. The lowest BCUT2D eigenvalue weighted by Gasteiger charge is -2.19. The highest BCUT2D eigenvalue weighted by Crippen LogP contribution is 2.35. The van der Waals surface area contributed by atoms with E-state index in [-0.39, 0.29) is 40.2 Å². The molecule has 2 amide bonds. The number of halogens is 3. The van der Waals surface area contributed by atoms with Gasteiger partial charge in [0.2, 0.25) is 5.91 Å². The van der Waals surface area contributed by atoms with Gasteiger partial charge in [0, 0.05) is 28.3 Å². The van der Waals surface area contributed by atoms with Crippen LogP contribution in [-0.4, -0.2) is 22.6 Å². The fraction of sp³-hybridized carbons (Fsp3) is 0.240. The first-order chi connectivity index (χ1) is 16.0. The van der Waals surface area contributed by atoms with Crippen LogP contribution >= 0.6 is 11.6 Å². The average molecular weight is 488 g/mol. The Labute approximate surface area is 200 Å². The molecule has 178 valence electrons. The first-order valence-electron chi connectivity index (χ1n) is 10.6. The van der Waals surface area contributed by atoms with E-state index in [1.54, 1.807) is 38.1 Å². The van der Waals surface area contributed by atoms with Crippen LogP contribution in [0.1, 0.15) is 58.3 Å². The third kappa shape index (κ3) is 5.17. The number of rotatable bonds is 8. The maximum Gasteiger partial charge on any atom is 0.253 e. The predicted molar refractivity (Wildman–Crippen MR) is 126 cm³/mol. The van der Waals surface area contributed by atoms with Gasteiger partial charge in [0.15, 0.2) is 5.78 Å². The Bertz CT molecular complexity index is 1270. The van der Waals surface area contributed by atoms with Crippen molar-refractivity contribution >= 4 is 29.2 Å². The van der Waals surface area contributed by atoms with Crippen LogP contribution in [0.2, 0.25) is 5.02 Å². The van der Waals surface area contributed by atoms with Crippen LogP contribution in [0.3, 0.4) is 0 Å². The Morgan fingerprint density at radius 3 is 2.38 bits per heavy atom. The number of benzene rings is 2. The van der Waals surface area contributed by atoms with Crippen molar-refractivity contribution in [3.63, 3.8) is 0 Å². The third-order valence-electron chi connectivity index (χ3n) is 5.46. The first-order valence-corrected chi connectivity index (χ1v) is 10.9. The standard InChI is InChI=1S/C25H24ClF2N3O3/c1-12(2)24(33)23-22(21-13(3)17(27)7-8-18(21)28)16(11-30-23)25(34)31-19(10-20(29)32)14-5-4-6-15(26)9-14/h4-9,11-12,19,30H,10H2,1-3H3,(H2,29,32)(H,31,34)/t19-/m0/s1. The van der Waals surface area contributed by atoms with Crippen LogP contribution in [-0.2, 0) is 4.79 Å². The molecular weight excluding hydrogens is 464 g/mol. The normalized spacial score (nSPS) is 12.0. The molecule has 0 bridgehead atoms. The SMILES string of the molecule is Cc1c(F)ccc(F)c1-c1c(C(=O)N[C@@H](CC(N)=O)c2cccc(Cl)c2)c[nH]c1C(=O)C(C)C. The zero-order valence-electron chi connectivity index (χ0n) is 18.8. The van der Waals surface area contributed by atoms with E-state index < -0.39 is 35.4 Å². The van der Waals surface area contributed by atoms with Gasteiger partial charge in [-0.25, -0.2) is 8.78 Å². The number of H-pyrrole nitrogens is 1. The molecule has 0 radical (unpaired) electrons. The third-order valence-corrected chi connectivity index (χ3v) is 5.69. The number of carbonyl (C=O) groups excluding carboxylic acids is 3. The molecule has 1 heterocycles. The first kappa shape index (κ1) is 25.1. The van der Waals surface area contributed by atoms with Crippen molar-refractivity contribution in [3.8, 4) is 11.1 Å². The van der Waals surface area contributed by atoms with E-state index in [2.05, 4.69) is 10.3 Å². The minimum atomic E-state index is -0.839. The number of aromatic nitrogens is 1. The van der Waals surface area contributed by atoms with E-state index in [9.17, 15) is 23.2 Å². The molecule has 6 nitrogen and oxygen atoms in total. The summed E-state index contributed by atoms with van der Waals surface area (Å²) < 4.78 is 29.3. The molecule has 0 fully saturated rings. The minimum absolute atomic E-state index is 0.0121. The minimum Gasteiger partial charge on any atom is -0.370 e. The lowest BCUT2D eigenvalue weighted by atomic mass is 9.92. The van der Waals surface area contributed by atoms with Crippen molar-refractivity contribution in [2.75, 3.05) is 0 Å². The van der Waals surface area contributed by atoms with Crippen LogP contribution in [0.15, 0.2) is 42.6 Å². The summed E-state index contributed by atoms with van der Waals surface area (Å²) >= 11 is 6.05. The largest absolute Gasteiger partial charge is 0.370 e. The lowest BCUT2D eigenvalue weighted by molar-refractivity contribution is -0.118. The quantitative estimate of drug-likeness (QED) is 0.384. The van der Waals surface area contributed by atoms with Crippen molar-refractivity contribution in [2.24, 2.45) is 11.7 Å². The zero-order chi connectivity index (χ0) is 25.2. The van der Waals surface area contributed by atoms with Gasteiger partial charge in [-0.05, 0) is 42.3 Å². The number of nitrogens with one attached hydrogen (secondary N) is 2. The fourth-order valence-corrected chi connectivity index (χ4v) is 3.92. The zero-order valence-corrected chi connectivity index (χ0v) is 19.6. The summed E-state index contributed by atoms with van der Waals surface area (Å²) in [5.74, 6) is -3.68. The van der Waals surface area contributed by atoms with Crippen molar-refractivity contribution in [1.82, 2.24) is 10.3 Å². The number of primary amides is 1. The Morgan fingerprint density at radius 2 is 1.76 bits per heavy atom. The number of amides is 2. The number of Topliss-reactive ketones (excluding diaryl/α,β-unsaturated/α-hetero) is 1. The van der Waals surface area contributed by atoms with Gasteiger partial charge in [0.25, 0.3) is 5.91 Å². The summed E-state index contributed by atoms with van der Waals surface area (Å²) in [5, 5.41) is 3.10. The van der Waals surface area contributed by atoms with Gasteiger partial charge < -0.3 is 16.0 Å². The molecule has 1 aromatic heterocycles. The molecule has 0 saturated heterocycles. The van der Waals surface area contributed by atoms with Crippen molar-refractivity contribution in [2.45, 2.75) is 33.2 Å². The van der Waals surface area contributed by atoms with Gasteiger partial charge in [0.05, 0.1) is 23.7 Å². The number of nitrogens with two attached hydrogens (primary N) is 1. The molecule has 0 spiro atoms. The van der Waals surface area contributed by atoms with Crippen molar-refractivity contribution < 1.29 is 23.2 Å². The van der Waals surface area contributed by atoms with E-state index in [4.69, 9.17) is 17.3 Å². The molecule has 0 aliphatic carbocycles. The lowest BCUT2D eigenvalue weighted by Crippen LogP contribution is -2.32. The molecule has 3 rings (SSSR count). The van der Waals surface area contributed by atoms with E-state index in [1.165, 1.54) is 13.1 Å². The second-order valence-corrected chi connectivity index (χ2v) is 8.69. The van der Waals surface area contributed by atoms with E-state index >= 15 is 0 Å². The van der Waals surface area contributed by atoms with Crippen LogP contribution < -0.4 is 11.1 Å². The van der Waals surface area contributed by atoms with Crippen LogP contribution in [0, 0.1) is 24.5 Å². The summed E-state index contributed by atoms with van der Waals surface area (Å²) in [7, 11) is 0. The molecule has 0 aliphatic rings. The fourth-order valence-electron chi connectivity index (χ4n) is 3.72. The van der Waals surface area contributed by atoms with E-state index in [1.807, 2.05) is 0 Å². The average Bonchev–Trinajstić information content (AvgIpc) is 3.20. The molecule has 9 heteroatoms. The number of ketones is 1. The summed E-state index contributed by atoms with van der Waals surface area (Å²) in [6.45, 7) is 4.68. The Kier molecular flexibility index (Phi) is 7.51. The van der Waals surface area contributed by atoms with Gasteiger partial charge in [-0.2, -0.15) is 0 Å². The molecule has 0 saturated carbocycles. The Balaban J connectivity index is 2.14. The molecule has 2 aromatic carbocycles. The summed E-state index contributed by atoms with van der Waals surface area (Å²) in [4.78, 5) is 40.6. The highest BCUT2D eigenvalue weighted by molar-refractivity contribution is 6.30. The maximum atomic E-state index is 14.9. The Hall–Kier alpha value is -3.52. The Morgan fingerprint density at radius 1 is 1.09 bits per heavy atom. The highest BCUT2D eigenvalue weighted by Gasteiger charge is 2.29. The van der Waals surface area contributed by atoms with Gasteiger partial charge in [-0.1, -0.05) is 37.6 Å². The summed E-state index contributed by atoms with van der Waals surface area (Å²) in [6, 6.07) is 7.63. The second-order valence-electron chi connectivity index (χ2n) is 8.25. The van der Waals surface area contributed by atoms with E-state index in [0.29, 0.717) is 10.6 Å². The molecule has 34 heavy (non-hydrogen) atoms. The van der Waals surface area contributed by atoms with Crippen molar-refractivity contribution in [3.05, 3.63) is 81.6 Å². The molecule has 1 atom stereocenters. The van der Waals surface area contributed by atoms with Gasteiger partial charge in [-0.3, -0.25) is 14.4 Å². The van der Waals surface area contributed by atoms with Gasteiger partial charge >= 0.3 is 0 Å². The number of hydrogen-bond acceptors (Lipinski definition) is 3.